The number of aryl methyl sites for hydroxylation is 1. The molecule has 126 valence electrons. The van der Waals surface area contributed by atoms with Crippen LogP contribution in [0.4, 0.5) is 5.69 Å². The molecule has 1 aliphatic carbocycles. The van der Waals surface area contributed by atoms with Gasteiger partial charge < -0.3 is 5.32 Å². The third-order valence-corrected chi connectivity index (χ3v) is 5.83. The minimum absolute atomic E-state index is 0.00971. The van der Waals surface area contributed by atoms with E-state index in [1.165, 1.54) is 0 Å². The van der Waals surface area contributed by atoms with Gasteiger partial charge in [-0.15, -0.1) is 0 Å². The van der Waals surface area contributed by atoms with Crippen molar-refractivity contribution in [2.45, 2.75) is 30.1 Å². The monoisotopic (exact) mass is 344 g/mol. The number of anilines is 1. The highest BCUT2D eigenvalue weighted by Gasteiger charge is 2.50. The van der Waals surface area contributed by atoms with Crippen molar-refractivity contribution in [3.63, 3.8) is 0 Å². The summed E-state index contributed by atoms with van der Waals surface area (Å²) in [6.07, 6.45) is 1.64. The lowest BCUT2D eigenvalue weighted by Gasteiger charge is -2.15. The van der Waals surface area contributed by atoms with Crippen molar-refractivity contribution in [3.05, 3.63) is 59.7 Å². The molecule has 0 atom stereocenters. The topological polar surface area (TPSA) is 75.3 Å². The van der Waals surface area contributed by atoms with Crippen molar-refractivity contribution in [1.82, 2.24) is 5.32 Å². The Morgan fingerprint density at radius 3 is 2.08 bits per heavy atom. The maximum absolute atomic E-state index is 12.4. The zero-order chi connectivity index (χ0) is 17.4. The molecule has 2 N–H and O–H groups in total. The molecular weight excluding hydrogens is 324 g/mol. The van der Waals surface area contributed by atoms with E-state index in [0.29, 0.717) is 5.69 Å². The maximum Gasteiger partial charge on any atom is 0.261 e. The fraction of sp³-hybridized carbons (Fsp3) is 0.278. The normalized spacial score (nSPS) is 15.6. The molecule has 0 bridgehead atoms. The third kappa shape index (κ3) is 3.01. The molecule has 24 heavy (non-hydrogen) atoms. The summed E-state index contributed by atoms with van der Waals surface area (Å²) in [4.78, 5) is 12.2. The van der Waals surface area contributed by atoms with Crippen molar-refractivity contribution < 1.29 is 13.2 Å². The fourth-order valence-electron chi connectivity index (χ4n) is 2.80. The SMILES string of the molecule is CNC(=O)C1(c2ccc(NS(=O)(=O)c3ccc(C)cc3)cc2)CC1. The fourth-order valence-corrected chi connectivity index (χ4v) is 3.86. The second-order valence-electron chi connectivity index (χ2n) is 6.16. The Balaban J connectivity index is 1.79. The van der Waals surface area contributed by atoms with E-state index in [-0.39, 0.29) is 10.8 Å². The van der Waals surface area contributed by atoms with Crippen molar-refractivity contribution in [3.8, 4) is 0 Å². The average molecular weight is 344 g/mol. The second kappa shape index (κ2) is 5.94. The van der Waals surface area contributed by atoms with E-state index in [2.05, 4.69) is 10.0 Å². The van der Waals surface area contributed by atoms with Gasteiger partial charge in [-0.2, -0.15) is 0 Å². The average Bonchev–Trinajstić information content (AvgIpc) is 3.36. The first-order valence-electron chi connectivity index (χ1n) is 7.80. The van der Waals surface area contributed by atoms with Crippen molar-refractivity contribution in [2.24, 2.45) is 0 Å². The zero-order valence-electron chi connectivity index (χ0n) is 13.7. The molecule has 5 nitrogen and oxygen atoms in total. The summed E-state index contributed by atoms with van der Waals surface area (Å²) in [5.74, 6) is 0.00971. The van der Waals surface area contributed by atoms with Crippen LogP contribution < -0.4 is 10.0 Å². The van der Waals surface area contributed by atoms with Crippen LogP contribution in [0, 0.1) is 6.92 Å². The number of hydrogen-bond acceptors (Lipinski definition) is 3. The number of rotatable bonds is 5. The Kier molecular flexibility index (Phi) is 4.09. The molecule has 2 aromatic rings. The molecule has 0 spiro atoms. The molecule has 0 radical (unpaired) electrons. The Bertz CT molecular complexity index is 852. The van der Waals surface area contributed by atoms with E-state index in [4.69, 9.17) is 0 Å². The number of amides is 1. The molecule has 1 aliphatic rings. The van der Waals surface area contributed by atoms with Crippen LogP contribution in [0.1, 0.15) is 24.0 Å². The number of carbonyl (C=O) groups is 1. The third-order valence-electron chi connectivity index (χ3n) is 4.43. The standard InChI is InChI=1S/C18H20N2O3S/c1-13-3-9-16(10-4-13)24(22,23)20-15-7-5-14(6-8-15)18(11-12-18)17(21)19-2/h3-10,20H,11-12H2,1-2H3,(H,19,21). The molecule has 0 saturated heterocycles. The highest BCUT2D eigenvalue weighted by molar-refractivity contribution is 7.92. The number of nitrogens with one attached hydrogen (secondary N) is 2. The number of likely N-dealkylation sites (N-methyl/N-ethyl adjacent to an activating group) is 1. The number of carbonyl (C=O) groups excluding carboxylic acids is 1. The van der Waals surface area contributed by atoms with E-state index in [9.17, 15) is 13.2 Å². The van der Waals surface area contributed by atoms with Crippen LogP contribution in [-0.2, 0) is 20.2 Å². The van der Waals surface area contributed by atoms with Crippen LogP contribution in [0.5, 0.6) is 0 Å². The van der Waals surface area contributed by atoms with Gasteiger partial charge in [0.1, 0.15) is 0 Å². The first kappa shape index (κ1) is 16.5. The first-order chi connectivity index (χ1) is 11.4. The summed E-state index contributed by atoms with van der Waals surface area (Å²) in [5, 5.41) is 2.69. The molecule has 2 aromatic carbocycles. The minimum Gasteiger partial charge on any atom is -0.358 e. The molecule has 0 heterocycles. The van der Waals surface area contributed by atoms with Crippen molar-refractivity contribution in [2.75, 3.05) is 11.8 Å². The van der Waals surface area contributed by atoms with Crippen LogP contribution in [0.25, 0.3) is 0 Å². The highest BCUT2D eigenvalue weighted by Crippen LogP contribution is 2.48. The van der Waals surface area contributed by atoms with Gasteiger partial charge >= 0.3 is 0 Å². The Morgan fingerprint density at radius 2 is 1.58 bits per heavy atom. The molecule has 0 aromatic heterocycles. The van der Waals surface area contributed by atoms with Gasteiger partial charge in [0.2, 0.25) is 5.91 Å². The molecule has 0 unspecified atom stereocenters. The van der Waals surface area contributed by atoms with Gasteiger partial charge in [-0.3, -0.25) is 9.52 Å². The van der Waals surface area contributed by atoms with Crippen molar-refractivity contribution >= 4 is 21.6 Å². The number of sulfonamides is 1. The second-order valence-corrected chi connectivity index (χ2v) is 7.84. The lowest BCUT2D eigenvalue weighted by molar-refractivity contribution is -0.123. The number of hydrogen-bond donors (Lipinski definition) is 2. The maximum atomic E-state index is 12.4. The Morgan fingerprint density at radius 1 is 1.00 bits per heavy atom. The van der Waals surface area contributed by atoms with Crippen LogP contribution >= 0.6 is 0 Å². The minimum atomic E-state index is -3.61. The van der Waals surface area contributed by atoms with Gasteiger partial charge in [-0.05, 0) is 49.6 Å². The lowest BCUT2D eigenvalue weighted by atomic mass is 9.95. The van der Waals surface area contributed by atoms with E-state index in [1.54, 1.807) is 43.4 Å². The molecule has 1 amide bonds. The predicted octanol–water partition coefficient (Wildman–Crippen LogP) is 2.57. The largest absolute Gasteiger partial charge is 0.358 e. The van der Waals surface area contributed by atoms with E-state index in [1.807, 2.05) is 19.1 Å². The summed E-state index contributed by atoms with van der Waals surface area (Å²) in [6, 6.07) is 13.7. The predicted molar refractivity (Wildman–Crippen MR) is 93.4 cm³/mol. The smallest absolute Gasteiger partial charge is 0.261 e. The molecular formula is C18H20N2O3S. The Hall–Kier alpha value is -2.34. The van der Waals surface area contributed by atoms with Crippen LogP contribution in [-0.4, -0.2) is 21.4 Å². The molecule has 1 fully saturated rings. The Labute approximate surface area is 142 Å². The molecule has 6 heteroatoms. The molecule has 1 saturated carbocycles. The van der Waals surface area contributed by atoms with Gasteiger partial charge in [0.25, 0.3) is 10.0 Å². The summed E-state index contributed by atoms with van der Waals surface area (Å²) in [5.41, 5.74) is 1.96. The molecule has 3 rings (SSSR count). The lowest BCUT2D eigenvalue weighted by Crippen LogP contribution is -2.31. The van der Waals surface area contributed by atoms with Gasteiger partial charge in [0.05, 0.1) is 10.3 Å². The zero-order valence-corrected chi connectivity index (χ0v) is 14.5. The molecule has 0 aliphatic heterocycles. The van der Waals surface area contributed by atoms with Gasteiger partial charge in [0, 0.05) is 12.7 Å². The van der Waals surface area contributed by atoms with Gasteiger partial charge in [-0.1, -0.05) is 29.8 Å². The summed E-state index contributed by atoms with van der Waals surface area (Å²) < 4.78 is 27.3. The van der Waals surface area contributed by atoms with Gasteiger partial charge in [-0.25, -0.2) is 8.42 Å². The summed E-state index contributed by atoms with van der Waals surface area (Å²) >= 11 is 0. The number of benzene rings is 2. The summed E-state index contributed by atoms with van der Waals surface area (Å²) in [6.45, 7) is 1.91. The summed E-state index contributed by atoms with van der Waals surface area (Å²) in [7, 11) is -1.98. The van der Waals surface area contributed by atoms with E-state index in [0.717, 1.165) is 24.0 Å². The van der Waals surface area contributed by atoms with E-state index >= 15 is 0 Å². The van der Waals surface area contributed by atoms with Crippen LogP contribution in [0.3, 0.4) is 0 Å². The van der Waals surface area contributed by atoms with Crippen molar-refractivity contribution in [1.29, 1.82) is 0 Å². The first-order valence-corrected chi connectivity index (χ1v) is 9.28. The van der Waals surface area contributed by atoms with Crippen LogP contribution in [0.15, 0.2) is 53.4 Å². The van der Waals surface area contributed by atoms with Crippen LogP contribution in [0.2, 0.25) is 0 Å². The quantitative estimate of drug-likeness (QED) is 0.875. The van der Waals surface area contributed by atoms with E-state index < -0.39 is 15.4 Å². The highest BCUT2D eigenvalue weighted by atomic mass is 32.2. The van der Waals surface area contributed by atoms with Gasteiger partial charge in [0.15, 0.2) is 0 Å².